The Hall–Kier alpha value is -1.68. The molecule has 0 heterocycles. The first-order valence-corrected chi connectivity index (χ1v) is 9.89. The average Bonchev–Trinajstić information content (AvgIpc) is 2.94. The minimum absolute atomic E-state index is 0.0412. The second kappa shape index (κ2) is 9.01. The van der Waals surface area contributed by atoms with Gasteiger partial charge in [-0.3, -0.25) is 0 Å². The maximum Gasteiger partial charge on any atom is 0.0717 e. The molecule has 1 aliphatic rings. The summed E-state index contributed by atoms with van der Waals surface area (Å²) in [5.41, 5.74) is 2.27. The predicted molar refractivity (Wildman–Crippen MR) is 108 cm³/mol. The summed E-state index contributed by atoms with van der Waals surface area (Å²) in [6.07, 6.45) is 1.95. The molecule has 3 heteroatoms. The van der Waals surface area contributed by atoms with E-state index in [0.717, 1.165) is 12.8 Å². The molecule has 0 aromatic heterocycles. The number of aliphatic hydroxyl groups excluding tert-OH is 1. The van der Waals surface area contributed by atoms with Gasteiger partial charge in [0.05, 0.1) is 26.4 Å². The van der Waals surface area contributed by atoms with Crippen LogP contribution in [0.1, 0.15) is 37.8 Å². The molecule has 0 aliphatic heterocycles. The van der Waals surface area contributed by atoms with Crippen molar-refractivity contribution in [2.24, 2.45) is 16.7 Å². The summed E-state index contributed by atoms with van der Waals surface area (Å²) in [5, 5.41) is 9.95. The van der Waals surface area contributed by atoms with Crippen molar-refractivity contribution in [1.29, 1.82) is 0 Å². The number of hydrogen-bond donors (Lipinski definition) is 1. The highest BCUT2D eigenvalue weighted by atomic mass is 16.5. The third-order valence-electron chi connectivity index (χ3n) is 6.11. The lowest BCUT2D eigenvalue weighted by Gasteiger charge is -2.31. The topological polar surface area (TPSA) is 38.7 Å². The van der Waals surface area contributed by atoms with Crippen LogP contribution in [0.4, 0.5) is 0 Å². The first-order valence-electron chi connectivity index (χ1n) is 9.89. The lowest BCUT2D eigenvalue weighted by Crippen LogP contribution is -2.32. The van der Waals surface area contributed by atoms with Gasteiger partial charge < -0.3 is 14.6 Å². The van der Waals surface area contributed by atoms with Gasteiger partial charge in [-0.05, 0) is 35.3 Å². The highest BCUT2D eigenvalue weighted by Crippen LogP contribution is 2.53. The van der Waals surface area contributed by atoms with Crippen LogP contribution in [-0.4, -0.2) is 24.9 Å². The minimum Gasteiger partial charge on any atom is -0.396 e. The standard InChI is InChI=1S/C24H32O3/c1-20-13-24(16-23(20,2)17-25,18-26-14-21-9-5-3-6-10-21)19-27-15-22-11-7-4-8-12-22/h3-12,20,25H,13-19H2,1-2H3/t20-,23-/m1/s1. The molecule has 27 heavy (non-hydrogen) atoms. The smallest absolute Gasteiger partial charge is 0.0717 e. The highest BCUT2D eigenvalue weighted by Gasteiger charge is 2.50. The summed E-state index contributed by atoms with van der Waals surface area (Å²) < 4.78 is 12.3. The predicted octanol–water partition coefficient (Wildman–Crippen LogP) is 4.83. The Morgan fingerprint density at radius 1 is 0.889 bits per heavy atom. The monoisotopic (exact) mass is 368 g/mol. The third kappa shape index (κ3) is 5.19. The summed E-state index contributed by atoms with van der Waals surface area (Å²) in [5.74, 6) is 0.447. The van der Waals surface area contributed by atoms with E-state index < -0.39 is 0 Å². The van der Waals surface area contributed by atoms with Crippen LogP contribution >= 0.6 is 0 Å². The molecule has 3 nitrogen and oxygen atoms in total. The largest absolute Gasteiger partial charge is 0.396 e. The van der Waals surface area contributed by atoms with Crippen molar-refractivity contribution in [1.82, 2.24) is 0 Å². The lowest BCUT2D eigenvalue weighted by molar-refractivity contribution is -0.0375. The van der Waals surface area contributed by atoms with Gasteiger partial charge in [0.2, 0.25) is 0 Å². The van der Waals surface area contributed by atoms with Gasteiger partial charge in [0, 0.05) is 12.0 Å². The molecule has 0 bridgehead atoms. The maximum atomic E-state index is 9.95. The molecule has 2 atom stereocenters. The second-order valence-corrected chi connectivity index (χ2v) is 8.55. The van der Waals surface area contributed by atoms with Crippen molar-refractivity contribution >= 4 is 0 Å². The zero-order valence-electron chi connectivity index (χ0n) is 16.6. The minimum atomic E-state index is -0.0633. The van der Waals surface area contributed by atoms with Crippen molar-refractivity contribution in [2.45, 2.75) is 39.9 Å². The summed E-state index contributed by atoms with van der Waals surface area (Å²) in [6, 6.07) is 20.6. The lowest BCUT2D eigenvalue weighted by atomic mass is 9.80. The fourth-order valence-corrected chi connectivity index (χ4v) is 4.39. The third-order valence-corrected chi connectivity index (χ3v) is 6.11. The van der Waals surface area contributed by atoms with Crippen LogP contribution in [-0.2, 0) is 22.7 Å². The van der Waals surface area contributed by atoms with Gasteiger partial charge in [0.25, 0.3) is 0 Å². The van der Waals surface area contributed by atoms with Crippen LogP contribution in [0.15, 0.2) is 60.7 Å². The van der Waals surface area contributed by atoms with E-state index in [2.05, 4.69) is 38.1 Å². The summed E-state index contributed by atoms with van der Waals surface area (Å²) in [7, 11) is 0. The van der Waals surface area contributed by atoms with E-state index >= 15 is 0 Å². The number of hydrogen-bond acceptors (Lipinski definition) is 3. The Labute approximate surface area is 163 Å². The van der Waals surface area contributed by atoms with Crippen molar-refractivity contribution < 1.29 is 14.6 Å². The molecule has 0 spiro atoms. The van der Waals surface area contributed by atoms with Gasteiger partial charge in [0.1, 0.15) is 0 Å². The highest BCUT2D eigenvalue weighted by molar-refractivity contribution is 5.14. The number of rotatable bonds is 9. The van der Waals surface area contributed by atoms with Crippen molar-refractivity contribution in [3.05, 3.63) is 71.8 Å². The molecule has 0 unspecified atom stereocenters. The van der Waals surface area contributed by atoms with Crippen LogP contribution in [0, 0.1) is 16.7 Å². The Balaban J connectivity index is 1.62. The van der Waals surface area contributed by atoms with Crippen LogP contribution in [0.5, 0.6) is 0 Å². The Bertz CT molecular complexity index is 640. The average molecular weight is 369 g/mol. The van der Waals surface area contributed by atoms with E-state index in [1.807, 2.05) is 36.4 Å². The van der Waals surface area contributed by atoms with Gasteiger partial charge in [0.15, 0.2) is 0 Å². The first kappa shape index (κ1) is 20.1. The molecular formula is C24H32O3. The SMILES string of the molecule is C[C@@H]1CC(COCc2ccccc2)(COCc2ccccc2)C[C@]1(C)CO. The van der Waals surface area contributed by atoms with Crippen LogP contribution in [0.3, 0.4) is 0 Å². The Morgan fingerprint density at radius 2 is 1.37 bits per heavy atom. The van der Waals surface area contributed by atoms with Gasteiger partial charge in [-0.1, -0.05) is 74.5 Å². The zero-order valence-corrected chi connectivity index (χ0v) is 16.6. The summed E-state index contributed by atoms with van der Waals surface area (Å²) in [6.45, 7) is 7.21. The van der Waals surface area contributed by atoms with E-state index in [9.17, 15) is 5.11 Å². The van der Waals surface area contributed by atoms with E-state index in [4.69, 9.17) is 9.47 Å². The molecule has 1 aliphatic carbocycles. The maximum absolute atomic E-state index is 9.95. The van der Waals surface area contributed by atoms with E-state index in [-0.39, 0.29) is 17.4 Å². The molecular weight excluding hydrogens is 336 g/mol. The number of benzene rings is 2. The summed E-state index contributed by atoms with van der Waals surface area (Å²) in [4.78, 5) is 0. The van der Waals surface area contributed by atoms with Crippen LogP contribution in [0.25, 0.3) is 0 Å². The molecule has 1 saturated carbocycles. The van der Waals surface area contributed by atoms with Gasteiger partial charge in [-0.15, -0.1) is 0 Å². The molecule has 0 radical (unpaired) electrons. The molecule has 0 amide bonds. The molecule has 1 N–H and O–H groups in total. The summed E-state index contributed by atoms with van der Waals surface area (Å²) >= 11 is 0. The van der Waals surface area contributed by atoms with Crippen LogP contribution < -0.4 is 0 Å². The van der Waals surface area contributed by atoms with Crippen molar-refractivity contribution in [3.63, 3.8) is 0 Å². The van der Waals surface area contributed by atoms with Gasteiger partial charge in [-0.2, -0.15) is 0 Å². The molecule has 146 valence electrons. The first-order chi connectivity index (χ1) is 13.1. The van der Waals surface area contributed by atoms with Gasteiger partial charge >= 0.3 is 0 Å². The van der Waals surface area contributed by atoms with E-state index in [1.165, 1.54) is 11.1 Å². The molecule has 3 rings (SSSR count). The molecule has 2 aromatic carbocycles. The van der Waals surface area contributed by atoms with E-state index in [0.29, 0.717) is 32.3 Å². The quantitative estimate of drug-likeness (QED) is 0.689. The van der Waals surface area contributed by atoms with Crippen molar-refractivity contribution in [2.75, 3.05) is 19.8 Å². The normalized spacial score (nSPS) is 24.2. The number of aliphatic hydroxyl groups is 1. The number of ether oxygens (including phenoxy) is 2. The molecule has 1 fully saturated rings. The Morgan fingerprint density at radius 3 is 1.78 bits per heavy atom. The van der Waals surface area contributed by atoms with Crippen LogP contribution in [0.2, 0.25) is 0 Å². The second-order valence-electron chi connectivity index (χ2n) is 8.55. The van der Waals surface area contributed by atoms with Gasteiger partial charge in [-0.25, -0.2) is 0 Å². The Kier molecular flexibility index (Phi) is 6.69. The zero-order chi connectivity index (χ0) is 19.2. The van der Waals surface area contributed by atoms with E-state index in [1.54, 1.807) is 0 Å². The molecule has 0 saturated heterocycles. The fourth-order valence-electron chi connectivity index (χ4n) is 4.39. The fraction of sp³-hybridized carbons (Fsp3) is 0.500. The van der Waals surface area contributed by atoms with Crippen molar-refractivity contribution in [3.8, 4) is 0 Å². The molecule has 2 aromatic rings.